The fourth-order valence-electron chi connectivity index (χ4n) is 1.86. The number of benzene rings is 1. The lowest BCUT2D eigenvalue weighted by Gasteiger charge is -2.05. The fraction of sp³-hybridized carbons (Fsp3) is 0.286. The van der Waals surface area contributed by atoms with Gasteiger partial charge < -0.3 is 4.42 Å². The number of nitrogens with zero attached hydrogens (tertiary/aromatic N) is 5. The summed E-state index contributed by atoms with van der Waals surface area (Å²) < 4.78 is 20.3. The highest BCUT2D eigenvalue weighted by molar-refractivity contribution is 7.98. The molecular weight excluding hydrogens is 305 g/mol. The molecule has 0 aliphatic rings. The monoisotopic (exact) mass is 319 g/mol. The summed E-state index contributed by atoms with van der Waals surface area (Å²) in [6.45, 7) is 4.02. The zero-order chi connectivity index (χ0) is 15.5. The molecule has 1 aromatic carbocycles. The predicted molar refractivity (Wildman–Crippen MR) is 79.7 cm³/mol. The number of tetrazole rings is 1. The molecule has 8 heteroatoms. The van der Waals surface area contributed by atoms with Crippen LogP contribution in [0.4, 0.5) is 4.39 Å². The maximum atomic E-state index is 12.9. The van der Waals surface area contributed by atoms with Gasteiger partial charge in [-0.15, -0.1) is 5.10 Å². The van der Waals surface area contributed by atoms with E-state index < -0.39 is 0 Å². The van der Waals surface area contributed by atoms with E-state index in [4.69, 9.17) is 4.42 Å². The largest absolute Gasteiger partial charge is 0.440 e. The smallest absolute Gasteiger partial charge is 0.210 e. The topological polar surface area (TPSA) is 69.6 Å². The summed E-state index contributed by atoms with van der Waals surface area (Å²) in [5.74, 6) is 1.43. The first-order valence-electron chi connectivity index (χ1n) is 6.75. The summed E-state index contributed by atoms with van der Waals surface area (Å²) in [4.78, 5) is 4.23. The Balaban J connectivity index is 1.69. The van der Waals surface area contributed by atoms with Gasteiger partial charge in [0, 0.05) is 5.56 Å². The van der Waals surface area contributed by atoms with Crippen LogP contribution >= 0.6 is 11.8 Å². The first-order chi connectivity index (χ1) is 10.6. The number of thioether (sulfide) groups is 1. The molecule has 114 valence electrons. The first kappa shape index (κ1) is 14.7. The Labute approximate surface area is 130 Å². The van der Waals surface area contributed by atoms with Gasteiger partial charge in [0.15, 0.2) is 5.76 Å². The molecule has 0 atom stereocenters. The van der Waals surface area contributed by atoms with Gasteiger partial charge in [-0.1, -0.05) is 11.8 Å². The molecule has 2 aromatic heterocycles. The van der Waals surface area contributed by atoms with Gasteiger partial charge in [-0.05, 0) is 48.5 Å². The van der Waals surface area contributed by atoms with Crippen molar-refractivity contribution in [3.05, 3.63) is 42.2 Å². The molecule has 0 saturated heterocycles. The Bertz CT molecular complexity index is 753. The lowest BCUT2D eigenvalue weighted by molar-refractivity contribution is 0.476. The molecule has 0 saturated carbocycles. The minimum Gasteiger partial charge on any atom is -0.440 e. The number of hydrogen-bond donors (Lipinski definition) is 0. The van der Waals surface area contributed by atoms with Gasteiger partial charge in [-0.2, -0.15) is 0 Å². The third-order valence-corrected chi connectivity index (χ3v) is 3.88. The van der Waals surface area contributed by atoms with Crippen LogP contribution in [0.3, 0.4) is 0 Å². The standard InChI is InChI=1S/C14H14FN5OS/c1-9(2)20-14(17-18-19-20)22-8-13-16-7-12(21-13)10-3-5-11(15)6-4-10/h3-7,9H,8H2,1-2H3. The van der Waals surface area contributed by atoms with Crippen LogP contribution in [0.25, 0.3) is 11.3 Å². The second-order valence-corrected chi connectivity index (χ2v) is 5.86. The van der Waals surface area contributed by atoms with E-state index in [0.717, 1.165) is 10.7 Å². The third-order valence-electron chi connectivity index (χ3n) is 2.96. The number of rotatable bonds is 5. The molecule has 22 heavy (non-hydrogen) atoms. The summed E-state index contributed by atoms with van der Waals surface area (Å²) in [6, 6.07) is 6.29. The van der Waals surface area contributed by atoms with Gasteiger partial charge in [-0.3, -0.25) is 0 Å². The Morgan fingerprint density at radius 2 is 2.05 bits per heavy atom. The predicted octanol–water partition coefficient (Wildman–Crippen LogP) is 3.34. The summed E-state index contributed by atoms with van der Waals surface area (Å²) in [6.07, 6.45) is 1.63. The summed E-state index contributed by atoms with van der Waals surface area (Å²) in [7, 11) is 0. The van der Waals surface area contributed by atoms with Crippen LogP contribution in [0, 0.1) is 5.82 Å². The van der Waals surface area contributed by atoms with Crippen molar-refractivity contribution in [2.45, 2.75) is 30.8 Å². The second-order valence-electron chi connectivity index (χ2n) is 4.91. The average Bonchev–Trinajstić information content (AvgIpc) is 3.15. The number of halogens is 1. The van der Waals surface area contributed by atoms with Gasteiger partial charge in [0.1, 0.15) is 5.82 Å². The Morgan fingerprint density at radius 3 is 2.77 bits per heavy atom. The van der Waals surface area contributed by atoms with Crippen LogP contribution in [0.2, 0.25) is 0 Å². The lowest BCUT2D eigenvalue weighted by Crippen LogP contribution is -2.04. The maximum absolute atomic E-state index is 12.9. The van der Waals surface area contributed by atoms with E-state index in [1.165, 1.54) is 23.9 Å². The minimum absolute atomic E-state index is 0.192. The molecule has 0 unspecified atom stereocenters. The van der Waals surface area contributed by atoms with Crippen molar-refractivity contribution in [3.8, 4) is 11.3 Å². The van der Waals surface area contributed by atoms with Gasteiger partial charge in [0.25, 0.3) is 0 Å². The van der Waals surface area contributed by atoms with Crippen LogP contribution in [-0.2, 0) is 5.75 Å². The van der Waals surface area contributed by atoms with Crippen molar-refractivity contribution in [1.29, 1.82) is 0 Å². The molecule has 3 rings (SSSR count). The maximum Gasteiger partial charge on any atom is 0.210 e. The van der Waals surface area contributed by atoms with E-state index >= 15 is 0 Å². The molecule has 2 heterocycles. The Kier molecular flexibility index (Phi) is 4.19. The van der Waals surface area contributed by atoms with Crippen LogP contribution in [0.1, 0.15) is 25.8 Å². The minimum atomic E-state index is -0.278. The zero-order valence-electron chi connectivity index (χ0n) is 12.1. The highest BCUT2D eigenvalue weighted by Crippen LogP contribution is 2.25. The van der Waals surface area contributed by atoms with E-state index in [2.05, 4.69) is 20.5 Å². The van der Waals surface area contributed by atoms with Crippen molar-refractivity contribution in [2.75, 3.05) is 0 Å². The van der Waals surface area contributed by atoms with E-state index in [9.17, 15) is 4.39 Å². The molecule has 3 aromatic rings. The van der Waals surface area contributed by atoms with E-state index in [1.807, 2.05) is 13.8 Å². The quantitative estimate of drug-likeness (QED) is 0.672. The summed E-state index contributed by atoms with van der Waals surface area (Å²) >= 11 is 1.46. The van der Waals surface area contributed by atoms with Gasteiger partial charge in [0.05, 0.1) is 18.0 Å². The highest BCUT2D eigenvalue weighted by atomic mass is 32.2. The Hall–Kier alpha value is -2.22. The highest BCUT2D eigenvalue weighted by Gasteiger charge is 2.12. The molecule has 0 N–H and O–H groups in total. The summed E-state index contributed by atoms with van der Waals surface area (Å²) in [5, 5.41) is 12.3. The number of hydrogen-bond acceptors (Lipinski definition) is 6. The van der Waals surface area contributed by atoms with Gasteiger partial charge in [-0.25, -0.2) is 14.1 Å². The van der Waals surface area contributed by atoms with Gasteiger partial charge >= 0.3 is 0 Å². The first-order valence-corrected chi connectivity index (χ1v) is 7.73. The van der Waals surface area contributed by atoms with Crippen molar-refractivity contribution in [2.24, 2.45) is 0 Å². The Morgan fingerprint density at radius 1 is 1.27 bits per heavy atom. The molecular formula is C14H14FN5OS. The summed E-state index contributed by atoms with van der Waals surface area (Å²) in [5.41, 5.74) is 0.789. The fourth-order valence-corrected chi connectivity index (χ4v) is 2.72. The molecule has 0 aliphatic carbocycles. The van der Waals surface area contributed by atoms with E-state index in [-0.39, 0.29) is 11.9 Å². The average molecular weight is 319 g/mol. The SMILES string of the molecule is CC(C)n1nnnc1SCc1ncc(-c2ccc(F)cc2)o1. The number of aromatic nitrogens is 5. The van der Waals surface area contributed by atoms with Crippen molar-refractivity contribution in [1.82, 2.24) is 25.2 Å². The van der Waals surface area contributed by atoms with Crippen LogP contribution in [0.15, 0.2) is 40.0 Å². The molecule has 0 fully saturated rings. The van der Waals surface area contributed by atoms with Crippen LogP contribution < -0.4 is 0 Å². The van der Waals surface area contributed by atoms with Crippen molar-refractivity contribution < 1.29 is 8.81 Å². The van der Waals surface area contributed by atoms with Crippen molar-refractivity contribution >= 4 is 11.8 Å². The molecule has 0 aliphatic heterocycles. The second kappa shape index (κ2) is 6.27. The van der Waals surface area contributed by atoms with Crippen LogP contribution in [0.5, 0.6) is 0 Å². The molecule has 0 amide bonds. The number of oxazole rings is 1. The molecule has 6 nitrogen and oxygen atoms in total. The molecule has 0 bridgehead atoms. The van der Waals surface area contributed by atoms with E-state index in [0.29, 0.717) is 17.4 Å². The van der Waals surface area contributed by atoms with Crippen molar-refractivity contribution in [3.63, 3.8) is 0 Å². The van der Waals surface area contributed by atoms with Gasteiger partial charge in [0.2, 0.25) is 11.0 Å². The molecule has 0 spiro atoms. The zero-order valence-corrected chi connectivity index (χ0v) is 12.9. The lowest BCUT2D eigenvalue weighted by atomic mass is 10.2. The van der Waals surface area contributed by atoms with E-state index in [1.54, 1.807) is 23.0 Å². The molecule has 0 radical (unpaired) electrons. The normalized spacial score (nSPS) is 11.3. The third kappa shape index (κ3) is 3.16. The van der Waals surface area contributed by atoms with Crippen LogP contribution in [-0.4, -0.2) is 25.2 Å².